The molecule has 0 aliphatic carbocycles. The summed E-state index contributed by atoms with van der Waals surface area (Å²) in [6.07, 6.45) is 2.08. The van der Waals surface area contributed by atoms with Crippen LogP contribution in [-0.4, -0.2) is 16.6 Å². The highest BCUT2D eigenvalue weighted by Crippen LogP contribution is 2.32. The molecule has 0 aliphatic heterocycles. The van der Waals surface area contributed by atoms with Crippen LogP contribution in [0.5, 0.6) is 17.5 Å². The molecule has 0 saturated heterocycles. The highest BCUT2D eigenvalue weighted by atomic mass is 79.9. The van der Waals surface area contributed by atoms with Crippen molar-refractivity contribution in [1.82, 2.24) is 9.97 Å². The van der Waals surface area contributed by atoms with Crippen molar-refractivity contribution in [1.29, 1.82) is 0 Å². The molecule has 0 aliphatic rings. The van der Waals surface area contributed by atoms with Crippen LogP contribution in [0.3, 0.4) is 0 Å². The van der Waals surface area contributed by atoms with E-state index in [-0.39, 0.29) is 23.2 Å². The van der Waals surface area contributed by atoms with Crippen molar-refractivity contribution < 1.29 is 13.9 Å². The summed E-state index contributed by atoms with van der Waals surface area (Å²) in [6.45, 7) is 2.44. The third kappa shape index (κ3) is 3.36. The Morgan fingerprint density at radius 3 is 2.80 bits per heavy atom. The van der Waals surface area contributed by atoms with E-state index >= 15 is 0 Å². The highest BCUT2D eigenvalue weighted by Gasteiger charge is 2.13. The monoisotopic (exact) mass is 341 g/mol. The van der Waals surface area contributed by atoms with Crippen molar-refractivity contribution in [2.45, 2.75) is 13.3 Å². The minimum Gasteiger partial charge on any atom is -0.476 e. The van der Waals surface area contributed by atoms with Crippen LogP contribution >= 0.6 is 15.9 Å². The fourth-order valence-corrected chi connectivity index (χ4v) is 1.76. The standard InChI is InChI=1S/C13H13BrFN3O2/c1-2-5-19-12-11(16)13(18-7-17-12)20-10-6-8(14)3-4-9(10)15/h3-4,6-7H,2,5,16H2,1H3. The van der Waals surface area contributed by atoms with E-state index < -0.39 is 5.82 Å². The van der Waals surface area contributed by atoms with Crippen LogP contribution in [0, 0.1) is 5.82 Å². The first-order valence-corrected chi connectivity index (χ1v) is 6.77. The molecule has 0 saturated carbocycles. The molecule has 0 fully saturated rings. The molecular formula is C13H13BrFN3O2. The van der Waals surface area contributed by atoms with Gasteiger partial charge in [-0.15, -0.1) is 0 Å². The minimum absolute atomic E-state index is 0.0196. The summed E-state index contributed by atoms with van der Waals surface area (Å²) in [5.41, 5.74) is 5.99. The van der Waals surface area contributed by atoms with Crippen LogP contribution in [0.2, 0.25) is 0 Å². The Kier molecular flexibility index (Phi) is 4.73. The molecule has 5 nitrogen and oxygen atoms in total. The van der Waals surface area contributed by atoms with Gasteiger partial charge < -0.3 is 15.2 Å². The number of hydrogen-bond donors (Lipinski definition) is 1. The van der Waals surface area contributed by atoms with Crippen molar-refractivity contribution in [3.8, 4) is 17.5 Å². The number of nitrogens with zero attached hydrogens (tertiary/aromatic N) is 2. The molecule has 2 N–H and O–H groups in total. The maximum Gasteiger partial charge on any atom is 0.249 e. The molecule has 2 rings (SSSR count). The van der Waals surface area contributed by atoms with Crippen molar-refractivity contribution in [2.24, 2.45) is 0 Å². The summed E-state index contributed by atoms with van der Waals surface area (Å²) in [5, 5.41) is 0. The molecule has 1 aromatic heterocycles. The summed E-state index contributed by atoms with van der Waals surface area (Å²) in [4.78, 5) is 7.81. The third-order valence-electron chi connectivity index (χ3n) is 2.35. The molecule has 0 amide bonds. The molecule has 0 radical (unpaired) electrons. The normalized spacial score (nSPS) is 10.3. The van der Waals surface area contributed by atoms with E-state index in [0.717, 1.165) is 6.42 Å². The maximum absolute atomic E-state index is 13.6. The first-order chi connectivity index (χ1) is 9.61. The molecule has 0 unspecified atom stereocenters. The Hall–Kier alpha value is -1.89. The minimum atomic E-state index is -0.512. The number of nitrogens with two attached hydrogens (primary N) is 1. The van der Waals surface area contributed by atoms with Gasteiger partial charge in [-0.2, -0.15) is 9.97 Å². The van der Waals surface area contributed by atoms with Crippen LogP contribution < -0.4 is 15.2 Å². The molecule has 0 spiro atoms. The Labute approximate surface area is 124 Å². The number of rotatable bonds is 5. The van der Waals surface area contributed by atoms with Gasteiger partial charge in [0.1, 0.15) is 6.33 Å². The van der Waals surface area contributed by atoms with Crippen LogP contribution in [0.4, 0.5) is 10.1 Å². The second kappa shape index (κ2) is 6.51. The third-order valence-corrected chi connectivity index (χ3v) is 2.85. The van der Waals surface area contributed by atoms with Gasteiger partial charge in [-0.1, -0.05) is 22.9 Å². The average Bonchev–Trinajstić information content (AvgIpc) is 2.44. The van der Waals surface area contributed by atoms with Crippen molar-refractivity contribution >= 4 is 21.6 Å². The Balaban J connectivity index is 2.27. The van der Waals surface area contributed by atoms with Gasteiger partial charge >= 0.3 is 0 Å². The zero-order chi connectivity index (χ0) is 14.5. The van der Waals surface area contributed by atoms with E-state index in [2.05, 4.69) is 25.9 Å². The van der Waals surface area contributed by atoms with Crippen molar-refractivity contribution in [3.63, 3.8) is 0 Å². The molecule has 0 bridgehead atoms. The van der Waals surface area contributed by atoms with Crippen LogP contribution in [-0.2, 0) is 0 Å². The zero-order valence-electron chi connectivity index (χ0n) is 10.8. The SMILES string of the molecule is CCCOc1ncnc(Oc2cc(Br)ccc2F)c1N. The van der Waals surface area contributed by atoms with E-state index in [1.54, 1.807) is 6.07 Å². The number of hydrogen-bond acceptors (Lipinski definition) is 5. The lowest BCUT2D eigenvalue weighted by Crippen LogP contribution is -2.04. The zero-order valence-corrected chi connectivity index (χ0v) is 12.4. The predicted molar refractivity (Wildman–Crippen MR) is 76.4 cm³/mol. The lowest BCUT2D eigenvalue weighted by Gasteiger charge is -2.11. The van der Waals surface area contributed by atoms with Gasteiger partial charge in [0, 0.05) is 4.47 Å². The predicted octanol–water partition coefficient (Wildman–Crippen LogP) is 3.54. The number of nitrogen functional groups attached to an aromatic ring is 1. The average molecular weight is 342 g/mol. The van der Waals surface area contributed by atoms with Gasteiger partial charge in [-0.25, -0.2) is 4.39 Å². The number of ether oxygens (including phenoxy) is 2. The van der Waals surface area contributed by atoms with Gasteiger partial charge in [0.2, 0.25) is 11.8 Å². The van der Waals surface area contributed by atoms with E-state index in [0.29, 0.717) is 11.1 Å². The molecule has 2 aromatic rings. The summed E-state index contributed by atoms with van der Waals surface area (Å²) in [5.74, 6) is -0.205. The number of benzene rings is 1. The van der Waals surface area contributed by atoms with Gasteiger partial charge in [0.15, 0.2) is 17.3 Å². The Morgan fingerprint density at radius 1 is 1.30 bits per heavy atom. The molecule has 1 heterocycles. The van der Waals surface area contributed by atoms with Crippen LogP contribution in [0.25, 0.3) is 0 Å². The lowest BCUT2D eigenvalue weighted by atomic mass is 10.3. The van der Waals surface area contributed by atoms with E-state index in [1.165, 1.54) is 18.5 Å². The van der Waals surface area contributed by atoms with Gasteiger partial charge in [-0.05, 0) is 24.6 Å². The van der Waals surface area contributed by atoms with E-state index in [4.69, 9.17) is 15.2 Å². The van der Waals surface area contributed by atoms with E-state index in [9.17, 15) is 4.39 Å². The molecule has 106 valence electrons. The lowest BCUT2D eigenvalue weighted by molar-refractivity contribution is 0.304. The van der Waals surface area contributed by atoms with Gasteiger partial charge in [0.25, 0.3) is 0 Å². The smallest absolute Gasteiger partial charge is 0.249 e. The van der Waals surface area contributed by atoms with Crippen molar-refractivity contribution in [3.05, 3.63) is 34.8 Å². The van der Waals surface area contributed by atoms with Gasteiger partial charge in [0.05, 0.1) is 6.61 Å². The van der Waals surface area contributed by atoms with E-state index in [1.807, 2.05) is 6.92 Å². The molecule has 20 heavy (non-hydrogen) atoms. The maximum atomic E-state index is 13.6. The second-order valence-electron chi connectivity index (χ2n) is 3.92. The number of anilines is 1. The first kappa shape index (κ1) is 14.5. The Bertz CT molecular complexity index is 610. The van der Waals surface area contributed by atoms with Gasteiger partial charge in [-0.3, -0.25) is 0 Å². The molecule has 0 atom stereocenters. The molecule has 7 heteroatoms. The summed E-state index contributed by atoms with van der Waals surface area (Å²) in [7, 11) is 0. The summed E-state index contributed by atoms with van der Waals surface area (Å²) < 4.78 is 25.1. The van der Waals surface area contributed by atoms with Crippen LogP contribution in [0.15, 0.2) is 29.0 Å². The van der Waals surface area contributed by atoms with Crippen LogP contribution in [0.1, 0.15) is 13.3 Å². The summed E-state index contributed by atoms with van der Waals surface area (Å²) >= 11 is 3.24. The van der Waals surface area contributed by atoms with Crippen molar-refractivity contribution in [2.75, 3.05) is 12.3 Å². The first-order valence-electron chi connectivity index (χ1n) is 5.98. The largest absolute Gasteiger partial charge is 0.476 e. The Morgan fingerprint density at radius 2 is 2.05 bits per heavy atom. The second-order valence-corrected chi connectivity index (χ2v) is 4.84. The fraction of sp³-hybridized carbons (Fsp3) is 0.231. The highest BCUT2D eigenvalue weighted by molar-refractivity contribution is 9.10. The quantitative estimate of drug-likeness (QED) is 0.900. The number of aromatic nitrogens is 2. The fourth-order valence-electron chi connectivity index (χ4n) is 1.42. The molecular weight excluding hydrogens is 329 g/mol. The topological polar surface area (TPSA) is 70.3 Å². The molecule has 1 aromatic carbocycles. The number of halogens is 2. The summed E-state index contributed by atoms with van der Waals surface area (Å²) in [6, 6.07) is 4.34.